The van der Waals surface area contributed by atoms with E-state index in [2.05, 4.69) is 15.7 Å². The second-order valence-corrected chi connectivity index (χ2v) is 4.29. The van der Waals surface area contributed by atoms with Crippen molar-refractivity contribution in [1.29, 1.82) is 0 Å². The molecule has 0 saturated carbocycles. The second-order valence-electron chi connectivity index (χ2n) is 4.29. The Labute approximate surface area is 119 Å². The Morgan fingerprint density at radius 3 is 2.71 bits per heavy atom. The molecule has 3 N–H and O–H groups in total. The van der Waals surface area contributed by atoms with Gasteiger partial charge in [0.05, 0.1) is 36.4 Å². The molecular formula is C13H14F2N4O2. The number of carbonyl (C=O) groups is 1. The van der Waals surface area contributed by atoms with E-state index in [-0.39, 0.29) is 12.3 Å². The number of hydrogen-bond donors (Lipinski definition) is 3. The minimum absolute atomic E-state index is 0.0745. The molecule has 2 aromatic rings. The van der Waals surface area contributed by atoms with Gasteiger partial charge < -0.3 is 15.7 Å². The summed E-state index contributed by atoms with van der Waals surface area (Å²) in [5, 5.41) is 17.6. The molecule has 1 aromatic heterocycles. The molecule has 0 spiro atoms. The maximum Gasteiger partial charge on any atom is 0.323 e. The minimum Gasteiger partial charge on any atom is -0.394 e. The highest BCUT2D eigenvalue weighted by atomic mass is 19.1. The minimum atomic E-state index is -0.863. The van der Waals surface area contributed by atoms with Crippen LogP contribution in [0.15, 0.2) is 24.4 Å². The topological polar surface area (TPSA) is 79.2 Å². The number of amides is 2. The molecular weight excluding hydrogens is 282 g/mol. The molecule has 0 unspecified atom stereocenters. The summed E-state index contributed by atoms with van der Waals surface area (Å²) >= 11 is 0. The third-order valence-electron chi connectivity index (χ3n) is 2.84. The first-order chi connectivity index (χ1) is 10.0. The predicted octanol–water partition coefficient (Wildman–Crippen LogP) is 2.11. The summed E-state index contributed by atoms with van der Waals surface area (Å²) in [5.41, 5.74) is 0.955. The van der Waals surface area contributed by atoms with Crippen molar-refractivity contribution in [1.82, 2.24) is 9.78 Å². The van der Waals surface area contributed by atoms with Crippen LogP contribution in [0, 0.1) is 18.6 Å². The van der Waals surface area contributed by atoms with Crippen LogP contribution >= 0.6 is 0 Å². The largest absolute Gasteiger partial charge is 0.394 e. The molecule has 2 amide bonds. The van der Waals surface area contributed by atoms with Gasteiger partial charge in [0.2, 0.25) is 0 Å². The van der Waals surface area contributed by atoms with Crippen molar-refractivity contribution in [3.63, 3.8) is 0 Å². The predicted molar refractivity (Wildman–Crippen MR) is 73.0 cm³/mol. The van der Waals surface area contributed by atoms with Gasteiger partial charge in [-0.1, -0.05) is 0 Å². The molecule has 1 heterocycles. The fourth-order valence-corrected chi connectivity index (χ4v) is 1.76. The molecule has 1 aromatic carbocycles. The Morgan fingerprint density at radius 2 is 2.05 bits per heavy atom. The van der Waals surface area contributed by atoms with E-state index >= 15 is 0 Å². The molecule has 0 atom stereocenters. The van der Waals surface area contributed by atoms with Crippen molar-refractivity contribution in [2.75, 3.05) is 17.2 Å². The van der Waals surface area contributed by atoms with Gasteiger partial charge in [-0.15, -0.1) is 0 Å². The number of nitrogens with one attached hydrogen (secondary N) is 2. The Hall–Kier alpha value is -2.48. The van der Waals surface area contributed by atoms with Crippen LogP contribution in [-0.4, -0.2) is 27.5 Å². The van der Waals surface area contributed by atoms with Crippen LogP contribution in [0.25, 0.3) is 0 Å². The van der Waals surface area contributed by atoms with E-state index in [0.29, 0.717) is 24.0 Å². The Morgan fingerprint density at radius 1 is 1.33 bits per heavy atom. The molecule has 0 bridgehead atoms. The second kappa shape index (κ2) is 6.31. The van der Waals surface area contributed by atoms with Gasteiger partial charge in [-0.25, -0.2) is 13.6 Å². The molecule has 0 fully saturated rings. The first-order valence-electron chi connectivity index (χ1n) is 6.17. The lowest BCUT2D eigenvalue weighted by molar-refractivity contribution is 0.262. The van der Waals surface area contributed by atoms with Crippen molar-refractivity contribution in [3.8, 4) is 0 Å². The number of benzene rings is 1. The van der Waals surface area contributed by atoms with Crippen molar-refractivity contribution >= 4 is 17.4 Å². The highest BCUT2D eigenvalue weighted by molar-refractivity contribution is 6.00. The van der Waals surface area contributed by atoms with Crippen LogP contribution in [0.1, 0.15) is 5.69 Å². The highest BCUT2D eigenvalue weighted by Gasteiger charge is 2.11. The molecule has 8 heteroatoms. The summed E-state index contributed by atoms with van der Waals surface area (Å²) < 4.78 is 27.7. The smallest absolute Gasteiger partial charge is 0.323 e. The molecule has 0 aliphatic carbocycles. The van der Waals surface area contributed by atoms with E-state index in [1.165, 1.54) is 10.9 Å². The Balaban J connectivity index is 2.05. The van der Waals surface area contributed by atoms with Crippen LogP contribution in [-0.2, 0) is 6.54 Å². The maximum atomic E-state index is 13.4. The molecule has 21 heavy (non-hydrogen) atoms. The summed E-state index contributed by atoms with van der Waals surface area (Å²) in [6.07, 6.45) is 1.42. The van der Waals surface area contributed by atoms with E-state index in [9.17, 15) is 13.6 Å². The van der Waals surface area contributed by atoms with E-state index in [1.807, 2.05) is 0 Å². The highest BCUT2D eigenvalue weighted by Crippen LogP contribution is 2.17. The fourth-order valence-electron chi connectivity index (χ4n) is 1.76. The van der Waals surface area contributed by atoms with Gasteiger partial charge in [0.1, 0.15) is 11.6 Å². The zero-order valence-corrected chi connectivity index (χ0v) is 11.2. The van der Waals surface area contributed by atoms with Crippen molar-refractivity contribution in [2.45, 2.75) is 13.5 Å². The summed E-state index contributed by atoms with van der Waals surface area (Å²) in [7, 11) is 0. The number of rotatable bonds is 4. The molecule has 0 aliphatic heterocycles. The van der Waals surface area contributed by atoms with Gasteiger partial charge in [-0.05, 0) is 19.1 Å². The molecule has 6 nitrogen and oxygen atoms in total. The standard InChI is InChI=1S/C13H14F2N4O2/c1-8-12(7-16-19(8)4-5-20)18-13(21)17-11-3-2-9(14)6-10(11)15/h2-3,6-7,20H,4-5H2,1H3,(H2,17,18,21). The average molecular weight is 296 g/mol. The van der Waals surface area contributed by atoms with E-state index in [0.717, 1.165) is 12.1 Å². The normalized spacial score (nSPS) is 10.5. The van der Waals surface area contributed by atoms with Gasteiger partial charge in [-0.3, -0.25) is 4.68 Å². The zero-order valence-electron chi connectivity index (χ0n) is 11.2. The van der Waals surface area contributed by atoms with Crippen molar-refractivity contribution in [2.24, 2.45) is 0 Å². The van der Waals surface area contributed by atoms with Crippen LogP contribution < -0.4 is 10.6 Å². The lowest BCUT2D eigenvalue weighted by Crippen LogP contribution is -2.20. The van der Waals surface area contributed by atoms with Gasteiger partial charge in [0, 0.05) is 6.07 Å². The van der Waals surface area contributed by atoms with Crippen LogP contribution in [0.5, 0.6) is 0 Å². The molecule has 0 saturated heterocycles. The van der Waals surface area contributed by atoms with Gasteiger partial charge in [0.25, 0.3) is 0 Å². The Bertz CT molecular complexity index is 658. The summed E-state index contributed by atoms with van der Waals surface area (Å²) in [6, 6.07) is 2.18. The number of nitrogens with zero attached hydrogens (tertiary/aromatic N) is 2. The van der Waals surface area contributed by atoms with Gasteiger partial charge in [0.15, 0.2) is 0 Å². The number of carbonyl (C=O) groups excluding carboxylic acids is 1. The van der Waals surface area contributed by atoms with E-state index in [4.69, 9.17) is 5.11 Å². The van der Waals surface area contributed by atoms with Gasteiger partial charge >= 0.3 is 6.03 Å². The van der Waals surface area contributed by atoms with Gasteiger partial charge in [-0.2, -0.15) is 5.10 Å². The quantitative estimate of drug-likeness (QED) is 0.808. The van der Waals surface area contributed by atoms with E-state index in [1.54, 1.807) is 6.92 Å². The zero-order chi connectivity index (χ0) is 15.4. The first-order valence-corrected chi connectivity index (χ1v) is 6.17. The number of aliphatic hydroxyl groups is 1. The van der Waals surface area contributed by atoms with Crippen LogP contribution in [0.2, 0.25) is 0 Å². The van der Waals surface area contributed by atoms with E-state index < -0.39 is 17.7 Å². The number of aromatic nitrogens is 2. The molecule has 2 rings (SSSR count). The lowest BCUT2D eigenvalue weighted by atomic mass is 10.3. The summed E-state index contributed by atoms with van der Waals surface area (Å²) in [5.74, 6) is -1.59. The number of hydrogen-bond acceptors (Lipinski definition) is 3. The monoisotopic (exact) mass is 296 g/mol. The SMILES string of the molecule is Cc1c(NC(=O)Nc2ccc(F)cc2F)cnn1CCO. The third kappa shape index (κ3) is 3.54. The third-order valence-corrected chi connectivity index (χ3v) is 2.84. The van der Waals surface area contributed by atoms with Crippen LogP contribution in [0.4, 0.5) is 25.0 Å². The Kier molecular flexibility index (Phi) is 4.49. The number of urea groups is 1. The summed E-state index contributed by atoms with van der Waals surface area (Å²) in [4.78, 5) is 11.8. The number of aliphatic hydroxyl groups excluding tert-OH is 1. The fraction of sp³-hybridized carbons (Fsp3) is 0.231. The van der Waals surface area contributed by atoms with Crippen molar-refractivity contribution in [3.05, 3.63) is 41.7 Å². The van der Waals surface area contributed by atoms with Crippen LogP contribution in [0.3, 0.4) is 0 Å². The summed E-state index contributed by atoms with van der Waals surface area (Å²) in [6.45, 7) is 1.95. The number of halogens is 2. The maximum absolute atomic E-state index is 13.4. The molecule has 0 aliphatic rings. The number of anilines is 2. The lowest BCUT2D eigenvalue weighted by Gasteiger charge is -2.08. The average Bonchev–Trinajstić information content (AvgIpc) is 2.75. The molecule has 112 valence electrons. The first kappa shape index (κ1) is 14.9. The van der Waals surface area contributed by atoms with Crippen molar-refractivity contribution < 1.29 is 18.7 Å². The molecule has 0 radical (unpaired) electrons.